The van der Waals surface area contributed by atoms with E-state index in [9.17, 15) is 0 Å². The van der Waals surface area contributed by atoms with Gasteiger partial charge in [0.25, 0.3) is 0 Å². The van der Waals surface area contributed by atoms with Crippen LogP contribution in [0.3, 0.4) is 0 Å². The van der Waals surface area contributed by atoms with Gasteiger partial charge in [-0.15, -0.1) is 0 Å². The van der Waals surface area contributed by atoms with Crippen molar-refractivity contribution in [2.24, 2.45) is 0 Å². The van der Waals surface area contributed by atoms with Crippen molar-refractivity contribution >= 4 is 17.5 Å². The molecule has 1 aromatic carbocycles. The van der Waals surface area contributed by atoms with Gasteiger partial charge in [0, 0.05) is 30.6 Å². The number of benzene rings is 1. The summed E-state index contributed by atoms with van der Waals surface area (Å²) in [6, 6.07) is 7.80. The van der Waals surface area contributed by atoms with E-state index in [-0.39, 0.29) is 0 Å². The van der Waals surface area contributed by atoms with Crippen molar-refractivity contribution in [1.29, 1.82) is 0 Å². The van der Waals surface area contributed by atoms with Crippen LogP contribution in [0.4, 0.5) is 17.5 Å². The molecule has 5 nitrogen and oxygen atoms in total. The molecule has 0 bridgehead atoms. The molecule has 19 heavy (non-hydrogen) atoms. The van der Waals surface area contributed by atoms with Gasteiger partial charge in [-0.2, -0.15) is 4.98 Å². The lowest BCUT2D eigenvalue weighted by Crippen LogP contribution is -2.02. The fourth-order valence-corrected chi connectivity index (χ4v) is 1.66. The highest BCUT2D eigenvalue weighted by Crippen LogP contribution is 2.22. The molecule has 0 aliphatic carbocycles. The summed E-state index contributed by atoms with van der Waals surface area (Å²) in [5.41, 5.74) is 1.93. The predicted molar refractivity (Wildman–Crippen MR) is 77.2 cm³/mol. The molecular weight excluding hydrogens is 240 g/mol. The van der Waals surface area contributed by atoms with Gasteiger partial charge < -0.3 is 15.4 Å². The lowest BCUT2D eigenvalue weighted by molar-refractivity contribution is 0.340. The first-order valence-electron chi connectivity index (χ1n) is 6.24. The molecule has 2 N–H and O–H groups in total. The topological polar surface area (TPSA) is 59.1 Å². The molecular formula is C14H18N4O. The van der Waals surface area contributed by atoms with Crippen LogP contribution in [0.25, 0.3) is 0 Å². The summed E-state index contributed by atoms with van der Waals surface area (Å²) in [7, 11) is 1.80. The van der Waals surface area contributed by atoms with Crippen LogP contribution in [-0.4, -0.2) is 23.6 Å². The molecule has 0 saturated carbocycles. The van der Waals surface area contributed by atoms with Crippen LogP contribution >= 0.6 is 0 Å². The number of aromatic nitrogens is 2. The van der Waals surface area contributed by atoms with E-state index in [1.807, 2.05) is 38.1 Å². The minimum Gasteiger partial charge on any atom is -0.494 e. The van der Waals surface area contributed by atoms with Crippen LogP contribution in [0, 0.1) is 6.92 Å². The second-order valence-corrected chi connectivity index (χ2v) is 4.06. The van der Waals surface area contributed by atoms with E-state index in [1.165, 1.54) is 0 Å². The molecule has 2 rings (SSSR count). The third-order valence-electron chi connectivity index (χ3n) is 2.60. The number of hydrogen-bond donors (Lipinski definition) is 2. The highest BCUT2D eigenvalue weighted by molar-refractivity contribution is 5.61. The highest BCUT2D eigenvalue weighted by Gasteiger charge is 2.04. The molecule has 0 unspecified atom stereocenters. The van der Waals surface area contributed by atoms with Crippen molar-refractivity contribution < 1.29 is 4.74 Å². The lowest BCUT2D eigenvalue weighted by Gasteiger charge is -2.11. The fourth-order valence-electron chi connectivity index (χ4n) is 1.66. The molecule has 5 heteroatoms. The Morgan fingerprint density at radius 1 is 1.32 bits per heavy atom. The van der Waals surface area contributed by atoms with E-state index < -0.39 is 0 Å². The van der Waals surface area contributed by atoms with Crippen LogP contribution in [-0.2, 0) is 0 Å². The standard InChI is InChI=1S/C14H18N4O/c1-4-19-12-7-5-6-11(8-12)17-13-10(2)9-16-14(15-3)18-13/h5-9H,4H2,1-3H3,(H2,15,16,17,18). The number of nitrogens with one attached hydrogen (secondary N) is 2. The Bertz CT molecular complexity index is 557. The molecule has 0 radical (unpaired) electrons. The van der Waals surface area contributed by atoms with Crippen molar-refractivity contribution in [3.05, 3.63) is 36.0 Å². The summed E-state index contributed by atoms with van der Waals surface area (Å²) in [4.78, 5) is 8.55. The summed E-state index contributed by atoms with van der Waals surface area (Å²) in [5.74, 6) is 2.22. The number of ether oxygens (including phenoxy) is 1. The van der Waals surface area contributed by atoms with E-state index in [0.717, 1.165) is 22.8 Å². The van der Waals surface area contributed by atoms with Crippen molar-refractivity contribution in [2.45, 2.75) is 13.8 Å². The molecule has 0 saturated heterocycles. The van der Waals surface area contributed by atoms with Gasteiger partial charge in [-0.05, 0) is 26.0 Å². The zero-order chi connectivity index (χ0) is 13.7. The number of aryl methyl sites for hydroxylation is 1. The summed E-state index contributed by atoms with van der Waals surface area (Å²) >= 11 is 0. The number of anilines is 3. The lowest BCUT2D eigenvalue weighted by atomic mass is 10.3. The zero-order valence-electron chi connectivity index (χ0n) is 11.4. The van der Waals surface area contributed by atoms with Gasteiger partial charge in [0.15, 0.2) is 0 Å². The van der Waals surface area contributed by atoms with E-state index in [1.54, 1.807) is 13.2 Å². The van der Waals surface area contributed by atoms with Crippen LogP contribution in [0.15, 0.2) is 30.5 Å². The van der Waals surface area contributed by atoms with Gasteiger partial charge in [-0.1, -0.05) is 6.07 Å². The normalized spacial score (nSPS) is 10.1. The fraction of sp³-hybridized carbons (Fsp3) is 0.286. The Morgan fingerprint density at radius 2 is 2.16 bits per heavy atom. The third-order valence-corrected chi connectivity index (χ3v) is 2.60. The van der Waals surface area contributed by atoms with Gasteiger partial charge in [-0.3, -0.25) is 0 Å². The molecule has 2 aromatic rings. The highest BCUT2D eigenvalue weighted by atomic mass is 16.5. The maximum absolute atomic E-state index is 5.47. The molecule has 1 aromatic heterocycles. The molecule has 0 aliphatic heterocycles. The molecule has 1 heterocycles. The number of rotatable bonds is 5. The first-order chi connectivity index (χ1) is 9.22. The van der Waals surface area contributed by atoms with E-state index in [4.69, 9.17) is 4.74 Å². The minimum atomic E-state index is 0.592. The van der Waals surface area contributed by atoms with Gasteiger partial charge in [-0.25, -0.2) is 4.98 Å². The van der Waals surface area contributed by atoms with Crippen molar-refractivity contribution in [1.82, 2.24) is 9.97 Å². The van der Waals surface area contributed by atoms with Crippen LogP contribution in [0.2, 0.25) is 0 Å². The second-order valence-electron chi connectivity index (χ2n) is 4.06. The van der Waals surface area contributed by atoms with Crippen LogP contribution in [0.5, 0.6) is 5.75 Å². The minimum absolute atomic E-state index is 0.592. The molecule has 0 spiro atoms. The Morgan fingerprint density at radius 3 is 2.89 bits per heavy atom. The average Bonchev–Trinajstić information content (AvgIpc) is 2.42. The zero-order valence-corrected chi connectivity index (χ0v) is 11.4. The number of nitrogens with zero attached hydrogens (tertiary/aromatic N) is 2. The summed E-state index contributed by atoms with van der Waals surface area (Å²) in [6.07, 6.45) is 1.79. The van der Waals surface area contributed by atoms with E-state index in [2.05, 4.69) is 20.6 Å². The van der Waals surface area contributed by atoms with Crippen molar-refractivity contribution in [3.63, 3.8) is 0 Å². The largest absolute Gasteiger partial charge is 0.494 e. The van der Waals surface area contributed by atoms with Crippen LogP contribution in [0.1, 0.15) is 12.5 Å². The average molecular weight is 258 g/mol. The van der Waals surface area contributed by atoms with Gasteiger partial charge in [0.1, 0.15) is 11.6 Å². The van der Waals surface area contributed by atoms with E-state index in [0.29, 0.717) is 12.6 Å². The molecule has 0 amide bonds. The summed E-state index contributed by atoms with van der Waals surface area (Å²) in [5, 5.41) is 6.20. The molecule has 0 atom stereocenters. The van der Waals surface area contributed by atoms with Crippen LogP contribution < -0.4 is 15.4 Å². The van der Waals surface area contributed by atoms with Crippen molar-refractivity contribution in [2.75, 3.05) is 24.3 Å². The molecule has 0 fully saturated rings. The van der Waals surface area contributed by atoms with Gasteiger partial charge >= 0.3 is 0 Å². The number of hydrogen-bond acceptors (Lipinski definition) is 5. The quantitative estimate of drug-likeness (QED) is 0.863. The first-order valence-corrected chi connectivity index (χ1v) is 6.24. The first kappa shape index (κ1) is 13.1. The van der Waals surface area contributed by atoms with Gasteiger partial charge in [0.05, 0.1) is 6.61 Å². The molecule has 100 valence electrons. The summed E-state index contributed by atoms with van der Waals surface area (Å²) < 4.78 is 5.47. The maximum Gasteiger partial charge on any atom is 0.224 e. The summed E-state index contributed by atoms with van der Waals surface area (Å²) in [6.45, 7) is 4.59. The Balaban J connectivity index is 2.22. The third kappa shape index (κ3) is 3.34. The Labute approximate surface area is 113 Å². The van der Waals surface area contributed by atoms with Gasteiger partial charge in [0.2, 0.25) is 5.95 Å². The molecule has 0 aliphatic rings. The smallest absolute Gasteiger partial charge is 0.224 e. The SMILES string of the molecule is CCOc1cccc(Nc2nc(NC)ncc2C)c1. The Kier molecular flexibility index (Phi) is 4.18. The predicted octanol–water partition coefficient (Wildman–Crippen LogP) is 2.97. The second kappa shape index (κ2) is 6.04. The monoisotopic (exact) mass is 258 g/mol. The Hall–Kier alpha value is -2.30. The maximum atomic E-state index is 5.47. The van der Waals surface area contributed by atoms with E-state index >= 15 is 0 Å². The van der Waals surface area contributed by atoms with Crippen molar-refractivity contribution in [3.8, 4) is 5.75 Å².